The number of aromatic nitrogens is 4. The third kappa shape index (κ3) is 3.33. The summed E-state index contributed by atoms with van der Waals surface area (Å²) in [7, 11) is 0. The maximum Gasteiger partial charge on any atom is 0.330 e. The molecule has 4 aromatic rings. The van der Waals surface area contributed by atoms with Crippen molar-refractivity contribution < 1.29 is 0 Å². The van der Waals surface area contributed by atoms with Crippen LogP contribution in [0.5, 0.6) is 0 Å². The lowest BCUT2D eigenvalue weighted by molar-refractivity contribution is 0.631. The Balaban J connectivity index is 1.76. The summed E-state index contributed by atoms with van der Waals surface area (Å²) in [4.78, 5) is 32.6. The maximum absolute atomic E-state index is 13.1. The Bertz CT molecular complexity index is 1190. The second-order valence-corrected chi connectivity index (χ2v) is 6.55. The van der Waals surface area contributed by atoms with Crippen molar-refractivity contribution in [2.45, 2.75) is 26.4 Å². The summed E-state index contributed by atoms with van der Waals surface area (Å²) in [5, 5.41) is 0. The van der Waals surface area contributed by atoms with Crippen molar-refractivity contribution in [2.75, 3.05) is 0 Å². The molecule has 0 spiro atoms. The number of hydrogen-bond donors (Lipinski definition) is 1. The van der Waals surface area contributed by atoms with Crippen LogP contribution in [-0.2, 0) is 19.5 Å². The molecule has 0 saturated carbocycles. The summed E-state index contributed by atoms with van der Waals surface area (Å²) < 4.78 is 3.12. The standard InChI is InChI=1S/C21H20N4O2/c1-15-22-19-18(25(15)14-17-10-6-3-7-11-17)20(26)24(21(27)23-19)13-12-16-8-4-2-5-9-16/h2-11H,12-14H2,1H3,(H,23,27). The third-order valence-electron chi connectivity index (χ3n) is 4.73. The van der Waals surface area contributed by atoms with Crippen molar-refractivity contribution in [3.05, 3.63) is 98.5 Å². The Kier molecular flexibility index (Phi) is 4.46. The molecular formula is C21H20N4O2. The zero-order valence-electron chi connectivity index (χ0n) is 15.1. The fraction of sp³-hybridized carbons (Fsp3) is 0.190. The average molecular weight is 360 g/mol. The van der Waals surface area contributed by atoms with Crippen LogP contribution in [0.3, 0.4) is 0 Å². The molecule has 0 saturated heterocycles. The minimum atomic E-state index is -0.423. The predicted molar refractivity (Wildman–Crippen MR) is 105 cm³/mol. The van der Waals surface area contributed by atoms with E-state index in [0.717, 1.165) is 11.1 Å². The average Bonchev–Trinajstić information content (AvgIpc) is 2.98. The maximum atomic E-state index is 13.1. The van der Waals surface area contributed by atoms with Gasteiger partial charge in [0.2, 0.25) is 0 Å². The van der Waals surface area contributed by atoms with Gasteiger partial charge in [-0.1, -0.05) is 60.7 Å². The lowest BCUT2D eigenvalue weighted by Crippen LogP contribution is -2.36. The number of hydrogen-bond acceptors (Lipinski definition) is 3. The van der Waals surface area contributed by atoms with Gasteiger partial charge in [-0.15, -0.1) is 0 Å². The van der Waals surface area contributed by atoms with Crippen LogP contribution < -0.4 is 11.2 Å². The van der Waals surface area contributed by atoms with Gasteiger partial charge in [-0.25, -0.2) is 9.78 Å². The SMILES string of the molecule is Cc1nc2[nH]c(=O)n(CCc3ccccc3)c(=O)c2n1Cc1ccccc1. The lowest BCUT2D eigenvalue weighted by Gasteiger charge is -2.08. The highest BCUT2D eigenvalue weighted by molar-refractivity contribution is 5.70. The van der Waals surface area contributed by atoms with E-state index in [-0.39, 0.29) is 5.56 Å². The van der Waals surface area contributed by atoms with Gasteiger partial charge in [-0.05, 0) is 24.5 Å². The molecule has 136 valence electrons. The summed E-state index contributed by atoms with van der Waals surface area (Å²) in [6.45, 7) is 2.70. The predicted octanol–water partition coefficient (Wildman–Crippen LogP) is 2.49. The molecule has 0 radical (unpaired) electrons. The molecule has 1 N–H and O–H groups in total. The van der Waals surface area contributed by atoms with Crippen LogP contribution in [0.4, 0.5) is 0 Å². The number of fused-ring (bicyclic) bond motifs is 1. The van der Waals surface area contributed by atoms with E-state index in [1.807, 2.05) is 72.2 Å². The van der Waals surface area contributed by atoms with Gasteiger partial charge in [0.05, 0.1) is 0 Å². The highest BCUT2D eigenvalue weighted by Gasteiger charge is 2.16. The summed E-state index contributed by atoms with van der Waals surface area (Å²) in [6.07, 6.45) is 0.612. The molecular weight excluding hydrogens is 340 g/mol. The van der Waals surface area contributed by atoms with E-state index in [4.69, 9.17) is 0 Å². The molecule has 0 bridgehead atoms. The van der Waals surface area contributed by atoms with Crippen molar-refractivity contribution in [1.82, 2.24) is 19.1 Å². The van der Waals surface area contributed by atoms with Crippen LogP contribution in [-0.4, -0.2) is 19.1 Å². The number of nitrogens with one attached hydrogen (secondary N) is 1. The van der Waals surface area contributed by atoms with Crippen LogP contribution in [0.15, 0.2) is 70.3 Å². The van der Waals surface area contributed by atoms with Gasteiger partial charge in [0.25, 0.3) is 5.56 Å². The molecule has 0 fully saturated rings. The van der Waals surface area contributed by atoms with Gasteiger partial charge in [-0.2, -0.15) is 0 Å². The smallest absolute Gasteiger partial charge is 0.318 e. The topological polar surface area (TPSA) is 72.7 Å². The molecule has 0 aliphatic rings. The van der Waals surface area contributed by atoms with Crippen molar-refractivity contribution in [2.24, 2.45) is 0 Å². The molecule has 6 nitrogen and oxygen atoms in total. The van der Waals surface area contributed by atoms with E-state index in [0.29, 0.717) is 36.5 Å². The van der Waals surface area contributed by atoms with E-state index < -0.39 is 5.69 Å². The first kappa shape index (κ1) is 17.0. The molecule has 0 aliphatic carbocycles. The van der Waals surface area contributed by atoms with Crippen molar-refractivity contribution in [3.8, 4) is 0 Å². The first-order chi connectivity index (χ1) is 13.1. The van der Waals surface area contributed by atoms with Crippen molar-refractivity contribution >= 4 is 11.2 Å². The largest absolute Gasteiger partial charge is 0.330 e. The van der Waals surface area contributed by atoms with Crippen LogP contribution in [0, 0.1) is 6.92 Å². The normalized spacial score (nSPS) is 11.1. The van der Waals surface area contributed by atoms with Crippen LogP contribution in [0.25, 0.3) is 11.2 Å². The molecule has 2 aromatic carbocycles. The number of nitrogens with zero attached hydrogens (tertiary/aromatic N) is 3. The Morgan fingerprint density at radius 1 is 0.889 bits per heavy atom. The van der Waals surface area contributed by atoms with Gasteiger partial charge < -0.3 is 4.57 Å². The minimum absolute atomic E-state index is 0.304. The zero-order chi connectivity index (χ0) is 18.8. The molecule has 0 unspecified atom stereocenters. The number of benzene rings is 2. The molecule has 2 heterocycles. The first-order valence-electron chi connectivity index (χ1n) is 8.91. The number of aryl methyl sites for hydroxylation is 2. The molecule has 27 heavy (non-hydrogen) atoms. The summed E-state index contributed by atoms with van der Waals surface area (Å²) >= 11 is 0. The second kappa shape index (κ2) is 7.07. The summed E-state index contributed by atoms with van der Waals surface area (Å²) in [5.74, 6) is 0.697. The van der Waals surface area contributed by atoms with Crippen LogP contribution >= 0.6 is 0 Å². The molecule has 0 atom stereocenters. The highest BCUT2D eigenvalue weighted by atomic mass is 16.2. The van der Waals surface area contributed by atoms with Crippen LogP contribution in [0.1, 0.15) is 17.0 Å². The van der Waals surface area contributed by atoms with Gasteiger partial charge in [0.15, 0.2) is 11.2 Å². The minimum Gasteiger partial charge on any atom is -0.318 e. The van der Waals surface area contributed by atoms with Gasteiger partial charge in [-0.3, -0.25) is 14.3 Å². The number of rotatable bonds is 5. The summed E-state index contributed by atoms with van der Waals surface area (Å²) in [5.41, 5.74) is 2.20. The lowest BCUT2D eigenvalue weighted by atomic mass is 10.1. The van der Waals surface area contributed by atoms with Gasteiger partial charge in [0.1, 0.15) is 5.82 Å². The van der Waals surface area contributed by atoms with Crippen molar-refractivity contribution in [1.29, 1.82) is 0 Å². The Hall–Kier alpha value is -3.41. The molecule has 6 heteroatoms. The third-order valence-corrected chi connectivity index (χ3v) is 4.73. The van der Waals surface area contributed by atoms with E-state index in [1.165, 1.54) is 4.57 Å². The zero-order valence-corrected chi connectivity index (χ0v) is 15.1. The van der Waals surface area contributed by atoms with Crippen molar-refractivity contribution in [3.63, 3.8) is 0 Å². The first-order valence-corrected chi connectivity index (χ1v) is 8.91. The van der Waals surface area contributed by atoms with Crippen LogP contribution in [0.2, 0.25) is 0 Å². The van der Waals surface area contributed by atoms with E-state index in [9.17, 15) is 9.59 Å². The Morgan fingerprint density at radius 3 is 2.19 bits per heavy atom. The Morgan fingerprint density at radius 2 is 1.52 bits per heavy atom. The second-order valence-electron chi connectivity index (χ2n) is 6.55. The molecule has 4 rings (SSSR count). The monoisotopic (exact) mass is 360 g/mol. The van der Waals surface area contributed by atoms with E-state index in [1.54, 1.807) is 0 Å². The molecule has 0 amide bonds. The van der Waals surface area contributed by atoms with Gasteiger partial charge >= 0.3 is 5.69 Å². The fourth-order valence-corrected chi connectivity index (χ4v) is 3.31. The number of aromatic amines is 1. The summed E-state index contributed by atoms with van der Waals surface area (Å²) in [6, 6.07) is 19.7. The fourth-order valence-electron chi connectivity index (χ4n) is 3.31. The van der Waals surface area contributed by atoms with E-state index >= 15 is 0 Å². The highest BCUT2D eigenvalue weighted by Crippen LogP contribution is 2.12. The van der Waals surface area contributed by atoms with E-state index in [2.05, 4.69) is 9.97 Å². The molecule has 2 aromatic heterocycles. The Labute approximate surface area is 155 Å². The number of H-pyrrole nitrogens is 1. The number of imidazole rings is 1. The molecule has 0 aliphatic heterocycles. The quantitative estimate of drug-likeness (QED) is 0.594. The van der Waals surface area contributed by atoms with Gasteiger partial charge in [0, 0.05) is 13.1 Å².